The van der Waals surface area contributed by atoms with Crippen LogP contribution < -0.4 is 4.74 Å². The van der Waals surface area contributed by atoms with Crippen molar-refractivity contribution in [1.82, 2.24) is 15.1 Å². The second-order valence-electron chi connectivity index (χ2n) is 8.90. The monoisotopic (exact) mass is 465 g/mol. The number of benzene rings is 2. The molecule has 3 aromatic rings. The average molecular weight is 466 g/mol. The molecule has 7 heteroatoms. The second kappa shape index (κ2) is 10.0. The molecule has 0 saturated carbocycles. The second-order valence-corrected chi connectivity index (χ2v) is 9.88. The van der Waals surface area contributed by atoms with Crippen LogP contribution in [0.3, 0.4) is 0 Å². The van der Waals surface area contributed by atoms with Gasteiger partial charge >= 0.3 is 5.97 Å². The molecule has 1 fully saturated rings. The van der Waals surface area contributed by atoms with Crippen LogP contribution in [0.2, 0.25) is 0 Å². The van der Waals surface area contributed by atoms with Gasteiger partial charge in [-0.05, 0) is 68.5 Å². The summed E-state index contributed by atoms with van der Waals surface area (Å²) >= 11 is 1.61. The third-order valence-corrected chi connectivity index (χ3v) is 7.08. The number of aryl methyl sites for hydroxylation is 1. The summed E-state index contributed by atoms with van der Waals surface area (Å²) in [5.74, 6) is -0.000353. The first-order valence-electron chi connectivity index (χ1n) is 11.5. The molecule has 0 bridgehead atoms. The van der Waals surface area contributed by atoms with Gasteiger partial charge in [-0.3, -0.25) is 4.79 Å². The first-order valence-corrected chi connectivity index (χ1v) is 12.3. The van der Waals surface area contributed by atoms with Gasteiger partial charge in [-0.1, -0.05) is 36.5 Å². The lowest BCUT2D eigenvalue weighted by molar-refractivity contribution is -0.147. The highest BCUT2D eigenvalue weighted by Gasteiger charge is 2.31. The number of carboxylic acids is 1. The summed E-state index contributed by atoms with van der Waals surface area (Å²) in [7, 11) is 0. The van der Waals surface area contributed by atoms with Crippen molar-refractivity contribution in [1.29, 1.82) is 0 Å². The van der Waals surface area contributed by atoms with Gasteiger partial charge < -0.3 is 14.7 Å². The van der Waals surface area contributed by atoms with Crippen LogP contribution in [0.25, 0.3) is 21.1 Å². The van der Waals surface area contributed by atoms with Gasteiger partial charge in [0.25, 0.3) is 0 Å². The van der Waals surface area contributed by atoms with Gasteiger partial charge in [0.2, 0.25) is 0 Å². The number of carboxylic acid groups (broad SMARTS) is 1. The molecule has 0 unspecified atom stereocenters. The van der Waals surface area contributed by atoms with Gasteiger partial charge in [0.1, 0.15) is 15.8 Å². The minimum atomic E-state index is -0.688. The Bertz CT molecular complexity index is 1140. The fourth-order valence-corrected chi connectivity index (χ4v) is 5.18. The molecule has 0 spiro atoms. The molecule has 1 aromatic heterocycles. The van der Waals surface area contributed by atoms with E-state index in [1.165, 1.54) is 11.1 Å². The molecule has 6 nitrogen and oxygen atoms in total. The summed E-state index contributed by atoms with van der Waals surface area (Å²) in [4.78, 5) is 13.3. The smallest absolute Gasteiger partial charge is 0.309 e. The Morgan fingerprint density at radius 3 is 2.64 bits per heavy atom. The fraction of sp³-hybridized carbons (Fsp3) is 0.423. The predicted octanol–water partition coefficient (Wildman–Crippen LogP) is 5.09. The average Bonchev–Trinajstić information content (AvgIpc) is 3.23. The van der Waals surface area contributed by atoms with Crippen LogP contribution in [-0.4, -0.2) is 51.9 Å². The molecule has 0 atom stereocenters. The molecular weight excluding hydrogens is 434 g/mol. The van der Waals surface area contributed by atoms with Crippen LogP contribution >= 0.6 is 11.3 Å². The van der Waals surface area contributed by atoms with E-state index in [0.29, 0.717) is 13.1 Å². The van der Waals surface area contributed by atoms with E-state index in [1.54, 1.807) is 11.3 Å². The highest BCUT2D eigenvalue weighted by atomic mass is 32.1. The Hall–Kier alpha value is -2.77. The number of ether oxygens (including phenoxy) is 1. The molecule has 2 heterocycles. The summed E-state index contributed by atoms with van der Waals surface area (Å²) in [6.07, 6.45) is 1.96. The topological polar surface area (TPSA) is 75.6 Å². The highest BCUT2D eigenvalue weighted by Crippen LogP contribution is 2.35. The maximum absolute atomic E-state index is 11.0. The van der Waals surface area contributed by atoms with Crippen LogP contribution in [0.1, 0.15) is 37.5 Å². The number of hydrogen-bond acceptors (Lipinski definition) is 6. The van der Waals surface area contributed by atoms with Gasteiger partial charge in [0.15, 0.2) is 0 Å². The zero-order chi connectivity index (χ0) is 23.5. The van der Waals surface area contributed by atoms with E-state index in [2.05, 4.69) is 53.2 Å². The predicted molar refractivity (Wildman–Crippen MR) is 132 cm³/mol. The van der Waals surface area contributed by atoms with E-state index in [0.717, 1.165) is 51.8 Å². The minimum absolute atomic E-state index is 0.141. The van der Waals surface area contributed by atoms with Crippen LogP contribution in [0.5, 0.6) is 5.75 Å². The Morgan fingerprint density at radius 2 is 1.97 bits per heavy atom. The normalized spacial score (nSPS) is 14.5. The highest BCUT2D eigenvalue weighted by molar-refractivity contribution is 7.17. The van der Waals surface area contributed by atoms with Crippen molar-refractivity contribution in [3.63, 3.8) is 0 Å². The SMILES string of the molecule is CCc1c(CCN2CC(C(=O)O)C2)cccc1-c1nnc(-c2ccc(OC(C)C)c(C)c2)s1. The number of likely N-dealkylation sites (tertiary alicyclic amines) is 1. The van der Waals surface area contributed by atoms with Crippen molar-refractivity contribution in [2.75, 3.05) is 19.6 Å². The summed E-state index contributed by atoms with van der Waals surface area (Å²) in [6.45, 7) is 10.5. The standard InChI is InChI=1S/C26H31N3O3S/c1-5-21-18(11-12-29-14-20(15-29)26(30)31)7-6-8-22(21)25-28-27-24(33-25)19-9-10-23(17(4)13-19)32-16(2)3/h6-10,13,16,20H,5,11-12,14-15H2,1-4H3,(H,30,31). The van der Waals surface area contributed by atoms with Gasteiger partial charge in [-0.15, -0.1) is 10.2 Å². The van der Waals surface area contributed by atoms with Crippen LogP contribution in [-0.2, 0) is 17.6 Å². The van der Waals surface area contributed by atoms with Crippen molar-refractivity contribution in [3.8, 4) is 26.9 Å². The van der Waals surface area contributed by atoms with E-state index in [-0.39, 0.29) is 12.0 Å². The largest absolute Gasteiger partial charge is 0.491 e. The number of aromatic nitrogens is 2. The van der Waals surface area contributed by atoms with Gasteiger partial charge in [-0.2, -0.15) is 0 Å². The molecule has 174 valence electrons. The molecule has 1 N–H and O–H groups in total. The molecule has 0 amide bonds. The van der Waals surface area contributed by atoms with E-state index in [1.807, 2.05) is 26.0 Å². The Labute approximate surface area is 199 Å². The van der Waals surface area contributed by atoms with Crippen LogP contribution in [0.15, 0.2) is 36.4 Å². The number of rotatable bonds is 9. The van der Waals surface area contributed by atoms with Crippen molar-refractivity contribution < 1.29 is 14.6 Å². The van der Waals surface area contributed by atoms with E-state index >= 15 is 0 Å². The number of nitrogens with zero attached hydrogens (tertiary/aromatic N) is 3. The molecule has 0 aliphatic carbocycles. The lowest BCUT2D eigenvalue weighted by Gasteiger charge is -2.36. The summed E-state index contributed by atoms with van der Waals surface area (Å²) in [6, 6.07) is 12.6. The minimum Gasteiger partial charge on any atom is -0.491 e. The Morgan fingerprint density at radius 1 is 1.21 bits per heavy atom. The van der Waals surface area contributed by atoms with Crippen molar-refractivity contribution >= 4 is 17.3 Å². The van der Waals surface area contributed by atoms with Gasteiger partial charge in [-0.25, -0.2) is 0 Å². The lowest BCUT2D eigenvalue weighted by atomic mass is 9.95. The number of carbonyl (C=O) groups is 1. The molecular formula is C26H31N3O3S. The first-order chi connectivity index (χ1) is 15.9. The third kappa shape index (κ3) is 5.25. The Kier molecular flexibility index (Phi) is 7.10. The molecule has 33 heavy (non-hydrogen) atoms. The molecule has 1 aliphatic heterocycles. The maximum Gasteiger partial charge on any atom is 0.309 e. The lowest BCUT2D eigenvalue weighted by Crippen LogP contribution is -2.50. The molecule has 0 radical (unpaired) electrons. The van der Waals surface area contributed by atoms with E-state index in [9.17, 15) is 4.79 Å². The molecule has 1 aliphatic rings. The number of aliphatic carboxylic acids is 1. The zero-order valence-electron chi connectivity index (χ0n) is 19.7. The third-order valence-electron chi connectivity index (χ3n) is 6.07. The summed E-state index contributed by atoms with van der Waals surface area (Å²) < 4.78 is 5.86. The summed E-state index contributed by atoms with van der Waals surface area (Å²) in [5, 5.41) is 19.9. The molecule has 4 rings (SSSR count). The summed E-state index contributed by atoms with van der Waals surface area (Å²) in [5.41, 5.74) is 5.88. The fourth-order valence-electron chi connectivity index (χ4n) is 4.29. The van der Waals surface area contributed by atoms with Crippen molar-refractivity contribution in [2.45, 2.75) is 46.6 Å². The van der Waals surface area contributed by atoms with Crippen LogP contribution in [0, 0.1) is 12.8 Å². The maximum atomic E-state index is 11.0. The van der Waals surface area contributed by atoms with Crippen molar-refractivity contribution in [3.05, 3.63) is 53.1 Å². The van der Waals surface area contributed by atoms with Crippen molar-refractivity contribution in [2.24, 2.45) is 5.92 Å². The number of hydrogen-bond donors (Lipinski definition) is 1. The van der Waals surface area contributed by atoms with E-state index in [4.69, 9.17) is 9.84 Å². The van der Waals surface area contributed by atoms with E-state index < -0.39 is 5.97 Å². The molecule has 2 aromatic carbocycles. The Balaban J connectivity index is 1.51. The molecule has 1 saturated heterocycles. The zero-order valence-corrected chi connectivity index (χ0v) is 20.5. The van der Waals surface area contributed by atoms with Crippen LogP contribution in [0.4, 0.5) is 0 Å². The van der Waals surface area contributed by atoms with Gasteiger partial charge in [0.05, 0.1) is 12.0 Å². The quantitative estimate of drug-likeness (QED) is 0.474. The first kappa shape index (κ1) is 23.4. The van der Waals surface area contributed by atoms with Gasteiger partial charge in [0, 0.05) is 30.8 Å².